The summed E-state index contributed by atoms with van der Waals surface area (Å²) in [7, 11) is 0. The SMILES string of the molecule is CC(C)OCCCNC(=O)c1ccc2c3c(cccc13)CC2. The molecule has 0 saturated heterocycles. The van der Waals surface area contributed by atoms with Crippen LogP contribution in [-0.2, 0) is 17.6 Å². The van der Waals surface area contributed by atoms with Gasteiger partial charge in [-0.15, -0.1) is 0 Å². The minimum absolute atomic E-state index is 0.0140. The van der Waals surface area contributed by atoms with Crippen LogP contribution in [0.4, 0.5) is 0 Å². The van der Waals surface area contributed by atoms with E-state index in [1.807, 2.05) is 19.9 Å². The van der Waals surface area contributed by atoms with Crippen LogP contribution in [0, 0.1) is 0 Å². The molecule has 0 aromatic heterocycles. The van der Waals surface area contributed by atoms with Gasteiger partial charge in [-0.3, -0.25) is 4.79 Å². The van der Waals surface area contributed by atoms with E-state index in [9.17, 15) is 4.79 Å². The summed E-state index contributed by atoms with van der Waals surface area (Å²) < 4.78 is 5.49. The van der Waals surface area contributed by atoms with Crippen LogP contribution in [0.3, 0.4) is 0 Å². The largest absolute Gasteiger partial charge is 0.379 e. The zero-order chi connectivity index (χ0) is 15.5. The van der Waals surface area contributed by atoms with Crippen molar-refractivity contribution in [1.82, 2.24) is 5.32 Å². The van der Waals surface area contributed by atoms with Gasteiger partial charge in [-0.1, -0.05) is 24.3 Å². The molecule has 1 N–H and O–H groups in total. The van der Waals surface area contributed by atoms with E-state index < -0.39 is 0 Å². The van der Waals surface area contributed by atoms with Gasteiger partial charge >= 0.3 is 0 Å². The van der Waals surface area contributed by atoms with Crippen LogP contribution in [-0.4, -0.2) is 25.2 Å². The highest BCUT2D eigenvalue weighted by Crippen LogP contribution is 2.32. The number of hydrogen-bond acceptors (Lipinski definition) is 2. The fourth-order valence-electron chi connectivity index (χ4n) is 3.13. The molecule has 1 amide bonds. The van der Waals surface area contributed by atoms with Crippen molar-refractivity contribution in [3.63, 3.8) is 0 Å². The predicted octanol–water partition coefficient (Wildman–Crippen LogP) is 3.48. The minimum atomic E-state index is 0.0140. The Morgan fingerprint density at radius 1 is 1.18 bits per heavy atom. The Hall–Kier alpha value is -1.87. The number of amides is 1. The zero-order valence-corrected chi connectivity index (χ0v) is 13.3. The van der Waals surface area contributed by atoms with Crippen molar-refractivity contribution in [1.29, 1.82) is 0 Å². The van der Waals surface area contributed by atoms with Crippen molar-refractivity contribution in [3.05, 3.63) is 47.0 Å². The maximum Gasteiger partial charge on any atom is 0.251 e. The lowest BCUT2D eigenvalue weighted by molar-refractivity contribution is 0.0757. The van der Waals surface area contributed by atoms with Crippen LogP contribution in [0.15, 0.2) is 30.3 Å². The van der Waals surface area contributed by atoms with E-state index in [2.05, 4.69) is 29.6 Å². The second-order valence-electron chi connectivity index (χ2n) is 6.14. The molecule has 1 aliphatic rings. The summed E-state index contributed by atoms with van der Waals surface area (Å²) in [4.78, 5) is 12.4. The summed E-state index contributed by atoms with van der Waals surface area (Å²) in [5.74, 6) is 0.0140. The first-order valence-corrected chi connectivity index (χ1v) is 8.10. The summed E-state index contributed by atoms with van der Waals surface area (Å²) >= 11 is 0. The van der Waals surface area contributed by atoms with Crippen molar-refractivity contribution in [2.24, 2.45) is 0 Å². The fraction of sp³-hybridized carbons (Fsp3) is 0.421. The standard InChI is InChI=1S/C19H23NO2/c1-13(2)22-12-4-11-20-19(21)17-10-9-15-8-7-14-5-3-6-16(17)18(14)15/h3,5-6,9-10,13H,4,7-8,11-12H2,1-2H3,(H,20,21). The topological polar surface area (TPSA) is 38.3 Å². The third kappa shape index (κ3) is 3.00. The van der Waals surface area contributed by atoms with Crippen LogP contribution >= 0.6 is 0 Å². The van der Waals surface area contributed by atoms with Gasteiger partial charge < -0.3 is 10.1 Å². The molecule has 0 unspecified atom stereocenters. The van der Waals surface area contributed by atoms with Gasteiger partial charge in [0, 0.05) is 18.7 Å². The molecule has 0 radical (unpaired) electrons. The highest BCUT2D eigenvalue weighted by molar-refractivity contribution is 6.09. The number of carbonyl (C=O) groups excluding carboxylic acids is 1. The molecular formula is C19H23NO2. The first-order chi connectivity index (χ1) is 10.7. The third-order valence-corrected chi connectivity index (χ3v) is 4.18. The summed E-state index contributed by atoms with van der Waals surface area (Å²) in [6.07, 6.45) is 3.26. The Labute approximate surface area is 131 Å². The predicted molar refractivity (Wildman–Crippen MR) is 89.4 cm³/mol. The first kappa shape index (κ1) is 15.0. The van der Waals surface area contributed by atoms with Gasteiger partial charge in [-0.25, -0.2) is 0 Å². The highest BCUT2D eigenvalue weighted by atomic mass is 16.5. The molecule has 2 aromatic rings. The molecule has 0 spiro atoms. The van der Waals surface area contributed by atoms with Crippen molar-refractivity contribution in [2.45, 2.75) is 39.2 Å². The summed E-state index contributed by atoms with van der Waals surface area (Å²) in [5, 5.41) is 5.38. The Balaban J connectivity index is 1.70. The Morgan fingerprint density at radius 2 is 1.95 bits per heavy atom. The number of aryl methyl sites for hydroxylation is 2. The van der Waals surface area contributed by atoms with E-state index in [0.717, 1.165) is 30.2 Å². The maximum atomic E-state index is 12.4. The van der Waals surface area contributed by atoms with E-state index in [-0.39, 0.29) is 12.0 Å². The lowest BCUT2D eigenvalue weighted by Crippen LogP contribution is -2.25. The molecular weight excluding hydrogens is 274 g/mol. The molecule has 0 fully saturated rings. The average molecular weight is 297 g/mol. The van der Waals surface area contributed by atoms with Crippen LogP contribution in [0.2, 0.25) is 0 Å². The normalized spacial score (nSPS) is 13.0. The van der Waals surface area contributed by atoms with Gasteiger partial charge in [0.1, 0.15) is 0 Å². The minimum Gasteiger partial charge on any atom is -0.379 e. The zero-order valence-electron chi connectivity index (χ0n) is 13.3. The number of ether oxygens (including phenoxy) is 1. The molecule has 3 nitrogen and oxygen atoms in total. The van der Waals surface area contributed by atoms with E-state index in [0.29, 0.717) is 13.2 Å². The summed E-state index contributed by atoms with van der Waals surface area (Å²) in [5.41, 5.74) is 3.52. The van der Waals surface area contributed by atoms with Crippen molar-refractivity contribution < 1.29 is 9.53 Å². The van der Waals surface area contributed by atoms with E-state index in [1.165, 1.54) is 16.5 Å². The number of benzene rings is 2. The quantitative estimate of drug-likeness (QED) is 0.829. The van der Waals surface area contributed by atoms with E-state index in [4.69, 9.17) is 4.74 Å². The van der Waals surface area contributed by atoms with Crippen LogP contribution in [0.1, 0.15) is 41.8 Å². The number of nitrogens with one attached hydrogen (secondary N) is 1. The van der Waals surface area contributed by atoms with Gasteiger partial charge in [0.05, 0.1) is 6.10 Å². The summed E-state index contributed by atoms with van der Waals surface area (Å²) in [6.45, 7) is 5.37. The number of hydrogen-bond donors (Lipinski definition) is 1. The monoisotopic (exact) mass is 297 g/mol. The molecule has 22 heavy (non-hydrogen) atoms. The van der Waals surface area contributed by atoms with Crippen LogP contribution < -0.4 is 5.32 Å². The molecule has 3 heteroatoms. The molecule has 0 saturated carbocycles. The molecule has 2 aromatic carbocycles. The van der Waals surface area contributed by atoms with Crippen molar-refractivity contribution in [3.8, 4) is 0 Å². The van der Waals surface area contributed by atoms with Gasteiger partial charge in [0.25, 0.3) is 5.91 Å². The van der Waals surface area contributed by atoms with Crippen LogP contribution in [0.5, 0.6) is 0 Å². The summed E-state index contributed by atoms with van der Waals surface area (Å²) in [6, 6.07) is 10.4. The van der Waals surface area contributed by atoms with Gasteiger partial charge in [-0.05, 0) is 61.1 Å². The van der Waals surface area contributed by atoms with E-state index >= 15 is 0 Å². The molecule has 1 aliphatic carbocycles. The van der Waals surface area contributed by atoms with Crippen LogP contribution in [0.25, 0.3) is 10.8 Å². The third-order valence-electron chi connectivity index (χ3n) is 4.18. The molecule has 0 heterocycles. The number of rotatable bonds is 6. The van der Waals surface area contributed by atoms with Crippen molar-refractivity contribution in [2.75, 3.05) is 13.2 Å². The lowest BCUT2D eigenvalue weighted by Gasteiger charge is -2.11. The number of carbonyl (C=O) groups is 1. The Bertz CT molecular complexity index is 681. The average Bonchev–Trinajstić information content (AvgIpc) is 2.92. The lowest BCUT2D eigenvalue weighted by atomic mass is 9.99. The maximum absolute atomic E-state index is 12.4. The first-order valence-electron chi connectivity index (χ1n) is 8.10. The second-order valence-corrected chi connectivity index (χ2v) is 6.14. The Morgan fingerprint density at radius 3 is 2.73 bits per heavy atom. The van der Waals surface area contributed by atoms with Crippen molar-refractivity contribution >= 4 is 16.7 Å². The van der Waals surface area contributed by atoms with E-state index in [1.54, 1.807) is 0 Å². The molecule has 0 bridgehead atoms. The smallest absolute Gasteiger partial charge is 0.251 e. The Kier molecular flexibility index (Phi) is 4.44. The van der Waals surface area contributed by atoms with Gasteiger partial charge in [0.15, 0.2) is 0 Å². The molecule has 0 aliphatic heterocycles. The second kappa shape index (κ2) is 6.49. The molecule has 116 valence electrons. The molecule has 0 atom stereocenters. The highest BCUT2D eigenvalue weighted by Gasteiger charge is 2.18. The fourth-order valence-corrected chi connectivity index (χ4v) is 3.13. The van der Waals surface area contributed by atoms with Gasteiger partial charge in [0.2, 0.25) is 0 Å². The van der Waals surface area contributed by atoms with Gasteiger partial charge in [-0.2, -0.15) is 0 Å². The molecule has 3 rings (SSSR count).